The van der Waals surface area contributed by atoms with E-state index in [0.29, 0.717) is 23.9 Å². The number of sulfonamides is 1. The third-order valence-electron chi connectivity index (χ3n) is 6.29. The van der Waals surface area contributed by atoms with Crippen molar-refractivity contribution in [3.05, 3.63) is 59.2 Å². The van der Waals surface area contributed by atoms with Gasteiger partial charge in [0.25, 0.3) is 0 Å². The third-order valence-corrected chi connectivity index (χ3v) is 8.69. The maximum atomic E-state index is 13.0. The van der Waals surface area contributed by atoms with Crippen molar-refractivity contribution < 1.29 is 13.2 Å². The smallest absolute Gasteiger partial charge is 0.243 e. The van der Waals surface area contributed by atoms with Gasteiger partial charge in [0.2, 0.25) is 10.0 Å². The summed E-state index contributed by atoms with van der Waals surface area (Å²) in [6, 6.07) is 13.3. The van der Waals surface area contributed by atoms with Crippen molar-refractivity contribution in [2.24, 2.45) is 5.92 Å². The van der Waals surface area contributed by atoms with Gasteiger partial charge in [0, 0.05) is 26.2 Å². The van der Waals surface area contributed by atoms with Crippen LogP contribution in [0, 0.1) is 12.8 Å². The highest BCUT2D eigenvalue weighted by atomic mass is 35.5. The maximum absolute atomic E-state index is 13.0. The number of hydrogen-bond acceptors (Lipinski definition) is 4. The summed E-state index contributed by atoms with van der Waals surface area (Å²) in [7, 11) is -1.74. The number of aryl methyl sites for hydroxylation is 1. The van der Waals surface area contributed by atoms with Gasteiger partial charge in [-0.25, -0.2) is 8.42 Å². The Morgan fingerprint density at radius 1 is 1.10 bits per heavy atom. The lowest BCUT2D eigenvalue weighted by Crippen LogP contribution is -2.43. The molecule has 1 fully saturated rings. The second-order valence-corrected chi connectivity index (χ2v) is 10.7. The molecule has 0 aliphatic carbocycles. The molecule has 0 saturated carbocycles. The first-order valence-electron chi connectivity index (χ1n) is 10.5. The lowest BCUT2D eigenvalue weighted by Gasteiger charge is -2.38. The number of hydrogen-bond donors (Lipinski definition) is 0. The molecule has 162 valence electrons. The fourth-order valence-corrected chi connectivity index (χ4v) is 6.47. The van der Waals surface area contributed by atoms with Gasteiger partial charge in [0.1, 0.15) is 11.3 Å². The third kappa shape index (κ3) is 4.37. The first kappa shape index (κ1) is 21.6. The minimum Gasteiger partial charge on any atom is -0.497 e. The Kier molecular flexibility index (Phi) is 6.39. The molecule has 0 N–H and O–H groups in total. The normalized spacial score (nSPS) is 21.4. The van der Waals surface area contributed by atoms with E-state index in [1.807, 2.05) is 19.1 Å². The van der Waals surface area contributed by atoms with E-state index in [4.69, 9.17) is 16.3 Å². The molecule has 2 heterocycles. The van der Waals surface area contributed by atoms with Gasteiger partial charge in [-0.1, -0.05) is 18.2 Å². The molecule has 1 unspecified atom stereocenters. The van der Waals surface area contributed by atoms with Crippen LogP contribution >= 0.6 is 11.6 Å². The Morgan fingerprint density at radius 3 is 2.57 bits per heavy atom. The Bertz CT molecular complexity index is 1000. The van der Waals surface area contributed by atoms with Crippen molar-refractivity contribution in [3.8, 4) is 5.75 Å². The predicted molar refractivity (Wildman–Crippen MR) is 120 cm³/mol. The Balaban J connectivity index is 1.37. The quantitative estimate of drug-likeness (QED) is 0.508. The van der Waals surface area contributed by atoms with Gasteiger partial charge in [0.05, 0.1) is 12.0 Å². The largest absolute Gasteiger partial charge is 0.497 e. The molecule has 0 aromatic heterocycles. The average Bonchev–Trinajstić information content (AvgIpc) is 2.76. The molecule has 0 amide bonds. The molecule has 1 saturated heterocycles. The van der Waals surface area contributed by atoms with Crippen molar-refractivity contribution in [1.29, 1.82) is 0 Å². The molecule has 0 spiro atoms. The second kappa shape index (κ2) is 8.87. The molecule has 0 radical (unpaired) electrons. The van der Waals surface area contributed by atoms with Crippen LogP contribution in [0.2, 0.25) is 0 Å². The zero-order chi connectivity index (χ0) is 21.3. The summed E-state index contributed by atoms with van der Waals surface area (Å²) in [6.45, 7) is 4.86. The van der Waals surface area contributed by atoms with E-state index in [0.717, 1.165) is 49.2 Å². The summed E-state index contributed by atoms with van der Waals surface area (Å²) >= 11 is 6.80. The van der Waals surface area contributed by atoms with Crippen molar-refractivity contribution in [3.63, 3.8) is 0 Å². The molecule has 0 bridgehead atoms. The molecular weight excluding hydrogens is 420 g/mol. The number of benzene rings is 2. The first-order chi connectivity index (χ1) is 14.4. The van der Waals surface area contributed by atoms with Gasteiger partial charge in [-0.15, -0.1) is 11.6 Å². The van der Waals surface area contributed by atoms with Gasteiger partial charge in [0.15, 0.2) is 0 Å². The van der Waals surface area contributed by atoms with Crippen LogP contribution in [0.4, 0.5) is 0 Å². The standard InChI is InChI=1S/C23H29ClN2O3S/c1-17-4-3-5-21(14-17)30(27,28)26-12-8-18(9-13-26)16-25-11-10-19-15-20(29-2)6-7-22(19)23(25)24/h3-7,14-15,18,23H,8-13,16H2,1-2H3. The maximum Gasteiger partial charge on any atom is 0.243 e. The van der Waals surface area contributed by atoms with Crippen LogP contribution in [0.1, 0.15) is 35.0 Å². The van der Waals surface area contributed by atoms with E-state index in [2.05, 4.69) is 17.0 Å². The van der Waals surface area contributed by atoms with E-state index in [-0.39, 0.29) is 5.50 Å². The fraction of sp³-hybridized carbons (Fsp3) is 0.478. The molecule has 7 heteroatoms. The van der Waals surface area contributed by atoms with Crippen LogP contribution in [0.3, 0.4) is 0 Å². The van der Waals surface area contributed by atoms with E-state index in [9.17, 15) is 8.42 Å². The molecule has 4 rings (SSSR count). The number of piperidine rings is 1. The molecule has 1 atom stereocenters. The van der Waals surface area contributed by atoms with Gasteiger partial charge in [-0.3, -0.25) is 4.90 Å². The number of halogens is 1. The fourth-order valence-electron chi connectivity index (χ4n) is 4.50. The average molecular weight is 449 g/mol. The second-order valence-electron chi connectivity index (χ2n) is 8.31. The zero-order valence-corrected chi connectivity index (χ0v) is 19.1. The molecule has 5 nitrogen and oxygen atoms in total. The number of rotatable bonds is 5. The summed E-state index contributed by atoms with van der Waals surface area (Å²) < 4.78 is 32.9. The zero-order valence-electron chi connectivity index (χ0n) is 17.6. The highest BCUT2D eigenvalue weighted by molar-refractivity contribution is 7.89. The molecule has 2 aliphatic heterocycles. The van der Waals surface area contributed by atoms with Crippen LogP contribution < -0.4 is 4.74 Å². The molecule has 2 aromatic carbocycles. The summed E-state index contributed by atoms with van der Waals surface area (Å²) in [5.41, 5.74) is 3.23. The predicted octanol–water partition coefficient (Wildman–Crippen LogP) is 4.20. The Hall–Kier alpha value is -1.60. The summed E-state index contributed by atoms with van der Waals surface area (Å²) in [4.78, 5) is 2.72. The first-order valence-corrected chi connectivity index (χ1v) is 12.4. The SMILES string of the molecule is COc1ccc2c(c1)CCN(CC1CCN(S(=O)(=O)c3cccc(C)c3)CC1)C2Cl. The summed E-state index contributed by atoms with van der Waals surface area (Å²) in [5.74, 6) is 1.32. The molecular formula is C23H29ClN2O3S. The number of nitrogens with zero attached hydrogens (tertiary/aromatic N) is 2. The number of alkyl halides is 1. The minimum absolute atomic E-state index is 0.145. The molecule has 30 heavy (non-hydrogen) atoms. The van der Waals surface area contributed by atoms with Gasteiger partial charge in [-0.2, -0.15) is 4.31 Å². The van der Waals surface area contributed by atoms with Crippen LogP contribution in [-0.2, 0) is 16.4 Å². The van der Waals surface area contributed by atoms with Crippen molar-refractivity contribution in [1.82, 2.24) is 9.21 Å². The van der Waals surface area contributed by atoms with E-state index in [1.165, 1.54) is 5.56 Å². The highest BCUT2D eigenvalue weighted by Gasteiger charge is 2.32. The lowest BCUT2D eigenvalue weighted by atomic mass is 9.94. The van der Waals surface area contributed by atoms with E-state index in [1.54, 1.807) is 29.6 Å². The van der Waals surface area contributed by atoms with E-state index < -0.39 is 10.0 Å². The van der Waals surface area contributed by atoms with Gasteiger partial charge < -0.3 is 4.74 Å². The number of fused-ring (bicyclic) bond motifs is 1. The lowest BCUT2D eigenvalue weighted by molar-refractivity contribution is 0.165. The van der Waals surface area contributed by atoms with Gasteiger partial charge >= 0.3 is 0 Å². The van der Waals surface area contributed by atoms with Crippen LogP contribution in [0.15, 0.2) is 47.4 Å². The summed E-state index contributed by atoms with van der Waals surface area (Å²) in [6.07, 6.45) is 2.68. The Morgan fingerprint density at radius 2 is 1.87 bits per heavy atom. The topological polar surface area (TPSA) is 49.9 Å². The molecule has 2 aromatic rings. The van der Waals surface area contributed by atoms with E-state index >= 15 is 0 Å². The van der Waals surface area contributed by atoms with Crippen molar-refractivity contribution in [2.75, 3.05) is 33.3 Å². The van der Waals surface area contributed by atoms with Crippen LogP contribution in [0.25, 0.3) is 0 Å². The summed E-state index contributed by atoms with van der Waals surface area (Å²) in [5, 5.41) is 0. The number of ether oxygens (including phenoxy) is 1. The van der Waals surface area contributed by atoms with Crippen LogP contribution in [0.5, 0.6) is 5.75 Å². The Labute approximate surface area is 184 Å². The number of methoxy groups -OCH3 is 1. The van der Waals surface area contributed by atoms with Crippen LogP contribution in [-0.4, -0.2) is 50.9 Å². The molecule has 2 aliphatic rings. The van der Waals surface area contributed by atoms with Crippen molar-refractivity contribution in [2.45, 2.75) is 36.6 Å². The highest BCUT2D eigenvalue weighted by Crippen LogP contribution is 2.36. The van der Waals surface area contributed by atoms with Crippen molar-refractivity contribution >= 4 is 21.6 Å². The van der Waals surface area contributed by atoms with Gasteiger partial charge in [-0.05, 0) is 73.1 Å². The monoisotopic (exact) mass is 448 g/mol. The minimum atomic E-state index is -3.42.